The van der Waals surface area contributed by atoms with Crippen LogP contribution in [0.1, 0.15) is 29.9 Å². The maximum Gasteiger partial charge on any atom is 0.257 e. The number of anilines is 1. The van der Waals surface area contributed by atoms with Crippen LogP contribution in [0.25, 0.3) is 22.2 Å². The maximum absolute atomic E-state index is 13.4. The third kappa shape index (κ3) is 5.81. The van der Waals surface area contributed by atoms with Crippen LogP contribution in [0.5, 0.6) is 11.5 Å². The Kier molecular flexibility index (Phi) is 8.33. The number of nitrogens with one attached hydrogen (secondary N) is 1. The average Bonchev–Trinajstić information content (AvgIpc) is 2.96. The number of aromatic nitrogens is 3. The van der Waals surface area contributed by atoms with Gasteiger partial charge < -0.3 is 14.8 Å². The molecule has 0 bridgehead atoms. The Labute approximate surface area is 249 Å². The zero-order valence-electron chi connectivity index (χ0n) is 23.7. The van der Waals surface area contributed by atoms with E-state index in [-0.39, 0.29) is 11.4 Å². The lowest BCUT2D eigenvalue weighted by atomic mass is 9.99. The van der Waals surface area contributed by atoms with E-state index in [1.165, 1.54) is 20.4 Å². The van der Waals surface area contributed by atoms with Crippen LogP contribution >= 0.6 is 23.2 Å². The van der Waals surface area contributed by atoms with Gasteiger partial charge in [-0.05, 0) is 39.1 Å². The molecular weight excluding hydrogens is 563 g/mol. The number of hydrogen-bond acceptors (Lipinski definition) is 8. The number of piperazine rings is 1. The SMILES string of the molecule is COc1cc(OC)c(Cl)c(-c2ccc(C(=O)Nc3ccc(CN4CCN(C)C(C)(C)C4)nc3)c3nccnc23)c1Cl. The predicted molar refractivity (Wildman–Crippen MR) is 162 cm³/mol. The molecular formula is C30H32Cl2N6O3. The quantitative estimate of drug-likeness (QED) is 0.287. The van der Waals surface area contributed by atoms with Crippen LogP contribution in [0.2, 0.25) is 10.0 Å². The Morgan fingerprint density at radius 1 is 0.976 bits per heavy atom. The molecule has 0 radical (unpaired) electrons. The van der Waals surface area contributed by atoms with Crippen molar-refractivity contribution in [2.45, 2.75) is 25.9 Å². The Balaban J connectivity index is 1.40. The van der Waals surface area contributed by atoms with Crippen molar-refractivity contribution < 1.29 is 14.3 Å². The molecule has 1 fully saturated rings. The van der Waals surface area contributed by atoms with Crippen molar-refractivity contribution in [1.29, 1.82) is 0 Å². The van der Waals surface area contributed by atoms with Gasteiger partial charge in [-0.15, -0.1) is 0 Å². The van der Waals surface area contributed by atoms with E-state index >= 15 is 0 Å². The number of carbonyl (C=O) groups is 1. The molecule has 1 amide bonds. The average molecular weight is 596 g/mol. The molecule has 0 aliphatic carbocycles. The summed E-state index contributed by atoms with van der Waals surface area (Å²) in [4.78, 5) is 31.8. The molecule has 0 spiro atoms. The lowest BCUT2D eigenvalue weighted by Gasteiger charge is -2.45. The van der Waals surface area contributed by atoms with Crippen LogP contribution in [-0.2, 0) is 6.54 Å². The van der Waals surface area contributed by atoms with E-state index in [2.05, 4.69) is 51.0 Å². The number of carbonyl (C=O) groups excluding carboxylic acids is 1. The van der Waals surface area contributed by atoms with E-state index in [1.54, 1.807) is 30.6 Å². The number of fused-ring (bicyclic) bond motifs is 1. The number of benzene rings is 2. The minimum Gasteiger partial charge on any atom is -0.495 e. The second-order valence-electron chi connectivity index (χ2n) is 10.6. The molecule has 5 rings (SSSR count). The normalized spacial score (nSPS) is 15.6. The van der Waals surface area contributed by atoms with Gasteiger partial charge >= 0.3 is 0 Å². The molecule has 3 heterocycles. The smallest absolute Gasteiger partial charge is 0.257 e. The minimum atomic E-state index is -0.335. The fourth-order valence-electron chi connectivity index (χ4n) is 5.06. The van der Waals surface area contributed by atoms with Gasteiger partial charge in [-0.3, -0.25) is 29.5 Å². The summed E-state index contributed by atoms with van der Waals surface area (Å²) in [5.74, 6) is 0.459. The molecule has 1 aliphatic rings. The lowest BCUT2D eigenvalue weighted by molar-refractivity contribution is 0.0354. The molecule has 4 aromatic rings. The number of pyridine rings is 1. The molecule has 2 aromatic carbocycles. The van der Waals surface area contributed by atoms with Crippen LogP contribution in [0.15, 0.2) is 48.9 Å². The highest BCUT2D eigenvalue weighted by Crippen LogP contribution is 2.47. The van der Waals surface area contributed by atoms with Crippen molar-refractivity contribution in [1.82, 2.24) is 24.8 Å². The van der Waals surface area contributed by atoms with Gasteiger partial charge in [-0.2, -0.15) is 0 Å². The van der Waals surface area contributed by atoms with Gasteiger partial charge in [0.05, 0.1) is 52.9 Å². The molecule has 214 valence electrons. The number of halogens is 2. The summed E-state index contributed by atoms with van der Waals surface area (Å²) < 4.78 is 10.9. The van der Waals surface area contributed by atoms with Gasteiger partial charge in [0, 0.05) is 61.3 Å². The van der Waals surface area contributed by atoms with Crippen molar-refractivity contribution >= 4 is 45.8 Å². The van der Waals surface area contributed by atoms with Crippen LogP contribution in [0.3, 0.4) is 0 Å². The number of methoxy groups -OCH3 is 2. The molecule has 1 aliphatic heterocycles. The third-order valence-corrected chi connectivity index (χ3v) is 8.33. The van der Waals surface area contributed by atoms with Crippen LogP contribution in [-0.4, -0.2) is 77.1 Å². The van der Waals surface area contributed by atoms with E-state index in [9.17, 15) is 4.79 Å². The second-order valence-corrected chi connectivity index (χ2v) is 11.4. The van der Waals surface area contributed by atoms with E-state index in [0.29, 0.717) is 55.0 Å². The Bertz CT molecular complexity index is 1570. The van der Waals surface area contributed by atoms with Gasteiger partial charge in [-0.25, -0.2) is 0 Å². The number of rotatable bonds is 7. The first kappa shape index (κ1) is 29.0. The van der Waals surface area contributed by atoms with E-state index < -0.39 is 0 Å². The van der Waals surface area contributed by atoms with Gasteiger partial charge in [-0.1, -0.05) is 29.3 Å². The lowest BCUT2D eigenvalue weighted by Crippen LogP contribution is -2.57. The van der Waals surface area contributed by atoms with Crippen LogP contribution < -0.4 is 14.8 Å². The summed E-state index contributed by atoms with van der Waals surface area (Å²) in [5.41, 5.74) is 3.93. The first-order valence-corrected chi connectivity index (χ1v) is 13.9. The summed E-state index contributed by atoms with van der Waals surface area (Å²) in [7, 11) is 5.19. The van der Waals surface area contributed by atoms with Crippen LogP contribution in [0.4, 0.5) is 5.69 Å². The van der Waals surface area contributed by atoms with E-state index in [1.807, 2.05) is 12.1 Å². The van der Waals surface area contributed by atoms with Gasteiger partial charge in [0.15, 0.2) is 0 Å². The van der Waals surface area contributed by atoms with Crippen molar-refractivity contribution in [2.24, 2.45) is 0 Å². The molecule has 0 atom stereocenters. The standard InChI is InChI=1S/C30H32Cl2N6O3/c1-30(2)17-38(13-12-37(30)3)16-19-7-6-18(15-35-19)36-29(39)21-9-8-20(27-28(21)34-11-10-33-27)24-25(31)22(40-4)14-23(41-5)26(24)32/h6-11,14-15H,12-13,16-17H2,1-5H3,(H,36,39). The molecule has 0 unspecified atom stereocenters. The van der Waals surface area contributed by atoms with Crippen molar-refractivity contribution in [3.63, 3.8) is 0 Å². The van der Waals surface area contributed by atoms with Crippen molar-refractivity contribution in [3.8, 4) is 22.6 Å². The largest absolute Gasteiger partial charge is 0.495 e. The Hall–Kier alpha value is -3.50. The highest BCUT2D eigenvalue weighted by Gasteiger charge is 2.31. The van der Waals surface area contributed by atoms with Crippen molar-refractivity contribution in [2.75, 3.05) is 46.2 Å². The predicted octanol–water partition coefficient (Wildman–Crippen LogP) is 5.79. The highest BCUT2D eigenvalue weighted by molar-refractivity contribution is 6.41. The molecule has 0 saturated carbocycles. The fraction of sp³-hybridized carbons (Fsp3) is 0.333. The molecule has 11 heteroatoms. The number of nitrogens with zero attached hydrogens (tertiary/aromatic N) is 5. The summed E-state index contributed by atoms with van der Waals surface area (Å²) in [5, 5.41) is 3.54. The topological polar surface area (TPSA) is 92.7 Å². The monoisotopic (exact) mass is 594 g/mol. The highest BCUT2D eigenvalue weighted by atomic mass is 35.5. The fourth-order valence-corrected chi connectivity index (χ4v) is 5.76. The number of ether oxygens (including phenoxy) is 2. The molecule has 1 saturated heterocycles. The maximum atomic E-state index is 13.4. The molecule has 41 heavy (non-hydrogen) atoms. The summed E-state index contributed by atoms with van der Waals surface area (Å²) in [6.07, 6.45) is 4.77. The van der Waals surface area contributed by atoms with Gasteiger partial charge in [0.2, 0.25) is 0 Å². The number of likely N-dealkylation sites (N-methyl/N-ethyl adjacent to an activating group) is 1. The van der Waals surface area contributed by atoms with E-state index in [4.69, 9.17) is 32.7 Å². The zero-order chi connectivity index (χ0) is 29.3. The summed E-state index contributed by atoms with van der Waals surface area (Å²) in [6, 6.07) is 8.86. The Morgan fingerprint density at radius 2 is 1.66 bits per heavy atom. The Morgan fingerprint density at radius 3 is 2.27 bits per heavy atom. The molecule has 9 nitrogen and oxygen atoms in total. The third-order valence-electron chi connectivity index (χ3n) is 7.58. The summed E-state index contributed by atoms with van der Waals surface area (Å²) >= 11 is 13.4. The van der Waals surface area contributed by atoms with Crippen LogP contribution in [0, 0.1) is 0 Å². The second kappa shape index (κ2) is 11.8. The minimum absolute atomic E-state index is 0.114. The molecule has 2 aromatic heterocycles. The van der Waals surface area contributed by atoms with Crippen molar-refractivity contribution in [3.05, 3.63) is 70.2 Å². The first-order valence-electron chi connectivity index (χ1n) is 13.2. The summed E-state index contributed by atoms with van der Waals surface area (Å²) in [6.45, 7) is 8.23. The number of hydrogen-bond donors (Lipinski definition) is 1. The van der Waals surface area contributed by atoms with E-state index in [0.717, 1.165) is 31.9 Å². The molecule has 1 N–H and O–H groups in total. The first-order chi connectivity index (χ1) is 19.6. The zero-order valence-corrected chi connectivity index (χ0v) is 25.2. The van der Waals surface area contributed by atoms with Gasteiger partial charge in [0.1, 0.15) is 17.0 Å². The number of amides is 1. The van der Waals surface area contributed by atoms with Gasteiger partial charge in [0.25, 0.3) is 5.91 Å².